The van der Waals surface area contributed by atoms with Crippen molar-refractivity contribution in [2.75, 3.05) is 6.54 Å². The Morgan fingerprint density at radius 2 is 1.75 bits per heavy atom. The Hall–Kier alpha value is -0.940. The summed E-state index contributed by atoms with van der Waals surface area (Å²) < 4.78 is 40.9. The highest BCUT2D eigenvalue weighted by Gasteiger charge is 2.40. The molecule has 0 radical (unpaired) electrons. The van der Waals surface area contributed by atoms with Crippen molar-refractivity contribution in [2.24, 2.45) is 5.92 Å². The van der Waals surface area contributed by atoms with E-state index in [-0.39, 0.29) is 10.9 Å². The molecule has 1 aliphatic heterocycles. The van der Waals surface area contributed by atoms with Gasteiger partial charge in [-0.1, -0.05) is 25.0 Å². The van der Waals surface area contributed by atoms with Gasteiger partial charge in [-0.15, -0.1) is 0 Å². The third-order valence-electron chi connectivity index (χ3n) is 4.62. The zero-order chi connectivity index (χ0) is 14.2. The second kappa shape index (κ2) is 5.45. The van der Waals surface area contributed by atoms with Crippen LogP contribution in [0.3, 0.4) is 0 Å². The standard InChI is InChI=1S/C15H20FNO2S/c16-13-8-2-4-10-15(13)20(18,19)17-11-5-7-12-6-1-3-9-14(12)17/h2,4,8,10,12,14H,1,3,5-7,9,11H2. The summed E-state index contributed by atoms with van der Waals surface area (Å²) in [6.07, 6.45) is 6.27. The molecule has 0 aromatic heterocycles. The highest BCUT2D eigenvalue weighted by Crippen LogP contribution is 2.38. The minimum atomic E-state index is -3.70. The van der Waals surface area contributed by atoms with Crippen molar-refractivity contribution < 1.29 is 12.8 Å². The first-order valence-electron chi connectivity index (χ1n) is 7.37. The van der Waals surface area contributed by atoms with Crippen LogP contribution in [0.15, 0.2) is 29.2 Å². The normalized spacial score (nSPS) is 28.1. The highest BCUT2D eigenvalue weighted by atomic mass is 32.2. The molecule has 5 heteroatoms. The molecular formula is C15H20FNO2S. The maximum atomic E-state index is 13.9. The zero-order valence-corrected chi connectivity index (χ0v) is 12.3. The Bertz CT molecular complexity index is 585. The van der Waals surface area contributed by atoms with Crippen molar-refractivity contribution >= 4 is 10.0 Å². The lowest BCUT2D eigenvalue weighted by molar-refractivity contribution is 0.129. The van der Waals surface area contributed by atoms with Gasteiger partial charge in [-0.25, -0.2) is 12.8 Å². The lowest BCUT2D eigenvalue weighted by Gasteiger charge is -2.43. The molecule has 1 aromatic carbocycles. The number of piperidine rings is 1. The maximum absolute atomic E-state index is 13.9. The lowest BCUT2D eigenvalue weighted by Crippen LogP contribution is -2.49. The molecule has 0 N–H and O–H groups in total. The molecule has 2 aliphatic rings. The summed E-state index contributed by atoms with van der Waals surface area (Å²) in [7, 11) is -3.70. The van der Waals surface area contributed by atoms with Gasteiger partial charge in [0.2, 0.25) is 10.0 Å². The molecule has 0 spiro atoms. The van der Waals surface area contributed by atoms with Crippen molar-refractivity contribution in [3.8, 4) is 0 Å². The predicted molar refractivity (Wildman–Crippen MR) is 75.3 cm³/mol. The maximum Gasteiger partial charge on any atom is 0.246 e. The number of fused-ring (bicyclic) bond motifs is 1. The number of hydrogen-bond donors (Lipinski definition) is 0. The van der Waals surface area contributed by atoms with Crippen molar-refractivity contribution in [3.63, 3.8) is 0 Å². The monoisotopic (exact) mass is 297 g/mol. The first-order chi connectivity index (χ1) is 9.60. The van der Waals surface area contributed by atoms with Gasteiger partial charge in [0.25, 0.3) is 0 Å². The van der Waals surface area contributed by atoms with Crippen molar-refractivity contribution in [3.05, 3.63) is 30.1 Å². The molecule has 3 rings (SSSR count). The van der Waals surface area contributed by atoms with Crippen LogP contribution in [0, 0.1) is 11.7 Å². The molecule has 1 saturated carbocycles. The molecule has 2 atom stereocenters. The molecule has 2 unspecified atom stereocenters. The van der Waals surface area contributed by atoms with E-state index in [0.29, 0.717) is 12.5 Å². The Morgan fingerprint density at radius 1 is 1.05 bits per heavy atom. The van der Waals surface area contributed by atoms with Gasteiger partial charge >= 0.3 is 0 Å². The number of benzene rings is 1. The lowest BCUT2D eigenvalue weighted by atomic mass is 9.79. The molecule has 3 nitrogen and oxygen atoms in total. The SMILES string of the molecule is O=S(=O)(c1ccccc1F)N1CCCC2CCCCC21. The topological polar surface area (TPSA) is 37.4 Å². The molecule has 1 saturated heterocycles. The minimum absolute atomic E-state index is 0.0714. The van der Waals surface area contributed by atoms with Gasteiger partial charge in [0.05, 0.1) is 0 Å². The van der Waals surface area contributed by atoms with E-state index in [1.165, 1.54) is 24.6 Å². The Kier molecular flexibility index (Phi) is 3.82. The second-order valence-corrected chi connectivity index (χ2v) is 7.66. The van der Waals surface area contributed by atoms with Gasteiger partial charge in [-0.2, -0.15) is 4.31 Å². The summed E-state index contributed by atoms with van der Waals surface area (Å²) in [4.78, 5) is -0.175. The Balaban J connectivity index is 1.96. The van der Waals surface area contributed by atoms with E-state index in [2.05, 4.69) is 0 Å². The summed E-state index contributed by atoms with van der Waals surface area (Å²) >= 11 is 0. The summed E-state index contributed by atoms with van der Waals surface area (Å²) in [6, 6.07) is 5.76. The van der Waals surface area contributed by atoms with Crippen molar-refractivity contribution in [1.82, 2.24) is 4.31 Å². The number of hydrogen-bond acceptors (Lipinski definition) is 2. The molecule has 0 bridgehead atoms. The fraction of sp³-hybridized carbons (Fsp3) is 0.600. The second-order valence-electron chi connectivity index (χ2n) is 5.80. The van der Waals surface area contributed by atoms with Crippen molar-refractivity contribution in [2.45, 2.75) is 49.5 Å². The van der Waals surface area contributed by atoms with Gasteiger partial charge in [0, 0.05) is 12.6 Å². The van der Waals surface area contributed by atoms with Crippen LogP contribution in [-0.2, 0) is 10.0 Å². The van der Waals surface area contributed by atoms with E-state index in [1.807, 2.05) is 0 Å². The van der Waals surface area contributed by atoms with E-state index in [9.17, 15) is 12.8 Å². The average molecular weight is 297 g/mol. The third-order valence-corrected chi connectivity index (χ3v) is 6.57. The van der Waals surface area contributed by atoms with Crippen LogP contribution in [0.5, 0.6) is 0 Å². The van der Waals surface area contributed by atoms with Crippen LogP contribution in [0.4, 0.5) is 4.39 Å². The average Bonchev–Trinajstić information content (AvgIpc) is 2.47. The minimum Gasteiger partial charge on any atom is -0.207 e. The van der Waals surface area contributed by atoms with Crippen LogP contribution >= 0.6 is 0 Å². The predicted octanol–water partition coefficient (Wildman–Crippen LogP) is 3.17. The molecule has 1 heterocycles. The largest absolute Gasteiger partial charge is 0.246 e. The van der Waals surface area contributed by atoms with Crippen LogP contribution < -0.4 is 0 Å². The molecule has 1 aromatic rings. The van der Waals surface area contributed by atoms with Crippen LogP contribution in [0.2, 0.25) is 0 Å². The smallest absolute Gasteiger partial charge is 0.207 e. The Morgan fingerprint density at radius 3 is 2.55 bits per heavy atom. The van der Waals surface area contributed by atoms with E-state index >= 15 is 0 Å². The van der Waals surface area contributed by atoms with E-state index < -0.39 is 15.8 Å². The van der Waals surface area contributed by atoms with Gasteiger partial charge < -0.3 is 0 Å². The molecule has 20 heavy (non-hydrogen) atoms. The van der Waals surface area contributed by atoms with E-state index in [0.717, 1.165) is 32.1 Å². The fourth-order valence-electron chi connectivity index (χ4n) is 3.66. The molecule has 110 valence electrons. The van der Waals surface area contributed by atoms with Crippen LogP contribution in [0.1, 0.15) is 38.5 Å². The highest BCUT2D eigenvalue weighted by molar-refractivity contribution is 7.89. The third kappa shape index (κ3) is 2.37. The molecular weight excluding hydrogens is 277 g/mol. The summed E-state index contributed by atoms with van der Waals surface area (Å²) in [5, 5.41) is 0. The van der Waals surface area contributed by atoms with Crippen molar-refractivity contribution in [1.29, 1.82) is 0 Å². The summed E-state index contributed by atoms with van der Waals surface area (Å²) in [5.74, 6) is -0.190. The fourth-order valence-corrected chi connectivity index (χ4v) is 5.48. The van der Waals surface area contributed by atoms with E-state index in [4.69, 9.17) is 0 Å². The first-order valence-corrected chi connectivity index (χ1v) is 8.81. The molecule has 1 aliphatic carbocycles. The molecule has 2 fully saturated rings. The first kappa shape index (κ1) is 14.0. The van der Waals surface area contributed by atoms with E-state index in [1.54, 1.807) is 10.4 Å². The summed E-state index contributed by atoms with van der Waals surface area (Å²) in [5.41, 5.74) is 0. The molecule has 0 amide bonds. The number of sulfonamides is 1. The van der Waals surface area contributed by atoms with Gasteiger partial charge in [0.15, 0.2) is 0 Å². The van der Waals surface area contributed by atoms with Crippen LogP contribution in [-0.4, -0.2) is 25.3 Å². The van der Waals surface area contributed by atoms with Gasteiger partial charge in [0.1, 0.15) is 10.7 Å². The Labute approximate surface area is 119 Å². The van der Waals surface area contributed by atoms with Gasteiger partial charge in [-0.05, 0) is 43.7 Å². The number of rotatable bonds is 2. The quantitative estimate of drug-likeness (QED) is 0.841. The van der Waals surface area contributed by atoms with Crippen LogP contribution in [0.25, 0.3) is 0 Å². The number of nitrogens with zero attached hydrogens (tertiary/aromatic N) is 1. The summed E-state index contributed by atoms with van der Waals surface area (Å²) in [6.45, 7) is 0.526. The zero-order valence-electron chi connectivity index (χ0n) is 11.5. The number of halogens is 1. The van der Waals surface area contributed by atoms with Gasteiger partial charge in [-0.3, -0.25) is 0 Å².